The SMILES string of the molecule is O=C(O)c1cccc(Oc2ccc(S)cc2)c1. The van der Waals surface area contributed by atoms with E-state index in [9.17, 15) is 4.79 Å². The first kappa shape index (κ1) is 11.5. The topological polar surface area (TPSA) is 46.5 Å². The van der Waals surface area contributed by atoms with Gasteiger partial charge in [-0.05, 0) is 42.5 Å². The van der Waals surface area contributed by atoms with Gasteiger partial charge in [0, 0.05) is 4.90 Å². The molecule has 1 N–H and O–H groups in total. The Bertz CT molecular complexity index is 535. The fourth-order valence-corrected chi connectivity index (χ4v) is 1.49. The summed E-state index contributed by atoms with van der Waals surface area (Å²) < 4.78 is 5.53. The zero-order valence-electron chi connectivity index (χ0n) is 8.83. The highest BCUT2D eigenvalue weighted by molar-refractivity contribution is 7.80. The van der Waals surface area contributed by atoms with E-state index in [1.807, 2.05) is 0 Å². The number of carboxylic acid groups (broad SMARTS) is 1. The summed E-state index contributed by atoms with van der Waals surface area (Å²) in [5.41, 5.74) is 0.202. The van der Waals surface area contributed by atoms with E-state index in [2.05, 4.69) is 12.6 Å². The molecule has 0 amide bonds. The van der Waals surface area contributed by atoms with Crippen LogP contribution in [0.1, 0.15) is 10.4 Å². The molecule has 0 saturated carbocycles. The number of hydrogen-bond donors (Lipinski definition) is 2. The van der Waals surface area contributed by atoms with Crippen molar-refractivity contribution in [3.8, 4) is 11.5 Å². The van der Waals surface area contributed by atoms with Crippen LogP contribution in [0, 0.1) is 0 Å². The van der Waals surface area contributed by atoms with Gasteiger partial charge in [-0.1, -0.05) is 6.07 Å². The normalized spacial score (nSPS) is 9.94. The molecular weight excluding hydrogens is 236 g/mol. The van der Waals surface area contributed by atoms with Crippen LogP contribution in [-0.4, -0.2) is 11.1 Å². The minimum absolute atomic E-state index is 0.202. The van der Waals surface area contributed by atoms with Crippen LogP contribution in [0.15, 0.2) is 53.4 Å². The van der Waals surface area contributed by atoms with Crippen molar-refractivity contribution in [2.24, 2.45) is 0 Å². The molecule has 0 aromatic heterocycles. The van der Waals surface area contributed by atoms with E-state index >= 15 is 0 Å². The van der Waals surface area contributed by atoms with Crippen molar-refractivity contribution >= 4 is 18.6 Å². The maximum atomic E-state index is 10.8. The molecule has 3 nitrogen and oxygen atoms in total. The van der Waals surface area contributed by atoms with Crippen molar-refractivity contribution in [2.45, 2.75) is 4.90 Å². The Balaban J connectivity index is 2.21. The first-order valence-corrected chi connectivity index (χ1v) is 5.40. The first-order chi connectivity index (χ1) is 8.15. The lowest BCUT2D eigenvalue weighted by Crippen LogP contribution is -1.95. The second kappa shape index (κ2) is 4.93. The van der Waals surface area contributed by atoms with Gasteiger partial charge in [0.2, 0.25) is 0 Å². The third-order valence-corrected chi connectivity index (χ3v) is 2.45. The highest BCUT2D eigenvalue weighted by Crippen LogP contribution is 2.23. The predicted octanol–water partition coefficient (Wildman–Crippen LogP) is 3.47. The van der Waals surface area contributed by atoms with Crippen molar-refractivity contribution < 1.29 is 14.6 Å². The second-order valence-electron chi connectivity index (χ2n) is 3.43. The number of carbonyl (C=O) groups is 1. The van der Waals surface area contributed by atoms with Crippen LogP contribution >= 0.6 is 12.6 Å². The van der Waals surface area contributed by atoms with E-state index in [4.69, 9.17) is 9.84 Å². The van der Waals surface area contributed by atoms with E-state index in [0.717, 1.165) is 4.90 Å². The van der Waals surface area contributed by atoms with E-state index in [0.29, 0.717) is 11.5 Å². The Hall–Kier alpha value is -1.94. The Morgan fingerprint density at radius 3 is 2.41 bits per heavy atom. The average molecular weight is 246 g/mol. The Morgan fingerprint density at radius 2 is 1.76 bits per heavy atom. The molecule has 0 heterocycles. The summed E-state index contributed by atoms with van der Waals surface area (Å²) in [5, 5.41) is 8.85. The highest BCUT2D eigenvalue weighted by Gasteiger charge is 2.04. The van der Waals surface area contributed by atoms with Gasteiger partial charge < -0.3 is 9.84 Å². The third kappa shape index (κ3) is 3.01. The molecule has 4 heteroatoms. The summed E-state index contributed by atoms with van der Waals surface area (Å²) in [6.07, 6.45) is 0. The first-order valence-electron chi connectivity index (χ1n) is 4.95. The van der Waals surface area contributed by atoms with Gasteiger partial charge in [-0.15, -0.1) is 12.6 Å². The van der Waals surface area contributed by atoms with Crippen molar-refractivity contribution in [1.29, 1.82) is 0 Å². The number of ether oxygens (including phenoxy) is 1. The number of benzene rings is 2. The molecule has 2 rings (SSSR count). The molecule has 0 saturated heterocycles. The molecule has 86 valence electrons. The van der Waals surface area contributed by atoms with Gasteiger partial charge >= 0.3 is 5.97 Å². The zero-order valence-corrected chi connectivity index (χ0v) is 9.72. The Kier molecular flexibility index (Phi) is 3.35. The van der Waals surface area contributed by atoms with Crippen LogP contribution < -0.4 is 4.74 Å². The van der Waals surface area contributed by atoms with Gasteiger partial charge in [0.1, 0.15) is 11.5 Å². The van der Waals surface area contributed by atoms with Gasteiger partial charge in [0.15, 0.2) is 0 Å². The third-order valence-electron chi connectivity index (χ3n) is 2.15. The van der Waals surface area contributed by atoms with E-state index < -0.39 is 5.97 Å². The molecule has 0 fully saturated rings. The zero-order chi connectivity index (χ0) is 12.3. The van der Waals surface area contributed by atoms with Crippen LogP contribution in [-0.2, 0) is 0 Å². The largest absolute Gasteiger partial charge is 0.478 e. The van der Waals surface area contributed by atoms with Gasteiger partial charge in [-0.25, -0.2) is 4.79 Å². The minimum atomic E-state index is -0.971. The predicted molar refractivity (Wildman–Crippen MR) is 67.2 cm³/mol. The molecule has 0 aliphatic heterocycles. The summed E-state index contributed by atoms with van der Waals surface area (Å²) in [7, 11) is 0. The maximum absolute atomic E-state index is 10.8. The Morgan fingerprint density at radius 1 is 1.06 bits per heavy atom. The molecule has 0 bridgehead atoms. The molecule has 0 spiro atoms. The van der Waals surface area contributed by atoms with Crippen molar-refractivity contribution in [2.75, 3.05) is 0 Å². The smallest absolute Gasteiger partial charge is 0.335 e. The Labute approximate surface area is 104 Å². The van der Waals surface area contributed by atoms with Gasteiger partial charge in [0.25, 0.3) is 0 Å². The molecule has 2 aromatic carbocycles. The van der Waals surface area contributed by atoms with Crippen LogP contribution in [0.25, 0.3) is 0 Å². The van der Waals surface area contributed by atoms with Gasteiger partial charge in [-0.2, -0.15) is 0 Å². The lowest BCUT2D eigenvalue weighted by atomic mass is 10.2. The van der Waals surface area contributed by atoms with Crippen molar-refractivity contribution in [1.82, 2.24) is 0 Å². The maximum Gasteiger partial charge on any atom is 0.335 e. The van der Waals surface area contributed by atoms with E-state index in [1.54, 1.807) is 36.4 Å². The summed E-state index contributed by atoms with van der Waals surface area (Å²) in [4.78, 5) is 11.6. The quantitative estimate of drug-likeness (QED) is 0.815. The number of rotatable bonds is 3. The average Bonchev–Trinajstić information content (AvgIpc) is 2.32. The molecule has 0 aliphatic rings. The van der Waals surface area contributed by atoms with E-state index in [-0.39, 0.29) is 5.56 Å². The van der Waals surface area contributed by atoms with Gasteiger partial charge in [0.05, 0.1) is 5.56 Å². The fraction of sp³-hybridized carbons (Fsp3) is 0. The standard InChI is InChI=1S/C13H10O3S/c14-13(15)9-2-1-3-11(8-9)16-10-4-6-12(17)7-5-10/h1-8,17H,(H,14,15). The molecule has 0 atom stereocenters. The fourth-order valence-electron chi connectivity index (χ4n) is 1.34. The van der Waals surface area contributed by atoms with E-state index in [1.165, 1.54) is 12.1 Å². The minimum Gasteiger partial charge on any atom is -0.478 e. The summed E-state index contributed by atoms with van der Waals surface area (Å²) in [6, 6.07) is 13.5. The van der Waals surface area contributed by atoms with Crippen molar-refractivity contribution in [3.05, 3.63) is 54.1 Å². The molecular formula is C13H10O3S. The lowest BCUT2D eigenvalue weighted by molar-refractivity contribution is 0.0696. The van der Waals surface area contributed by atoms with Crippen LogP contribution in [0.5, 0.6) is 11.5 Å². The monoisotopic (exact) mass is 246 g/mol. The molecule has 17 heavy (non-hydrogen) atoms. The molecule has 0 unspecified atom stereocenters. The second-order valence-corrected chi connectivity index (χ2v) is 3.95. The van der Waals surface area contributed by atoms with Crippen LogP contribution in [0.2, 0.25) is 0 Å². The number of hydrogen-bond acceptors (Lipinski definition) is 3. The number of thiol groups is 1. The lowest BCUT2D eigenvalue weighted by Gasteiger charge is -2.06. The number of carboxylic acids is 1. The summed E-state index contributed by atoms with van der Waals surface area (Å²) in [5.74, 6) is 0.170. The summed E-state index contributed by atoms with van der Waals surface area (Å²) >= 11 is 4.17. The summed E-state index contributed by atoms with van der Waals surface area (Å²) in [6.45, 7) is 0. The van der Waals surface area contributed by atoms with Gasteiger partial charge in [-0.3, -0.25) is 0 Å². The molecule has 2 aromatic rings. The molecule has 0 aliphatic carbocycles. The molecule has 0 radical (unpaired) electrons. The van der Waals surface area contributed by atoms with Crippen LogP contribution in [0.4, 0.5) is 0 Å². The van der Waals surface area contributed by atoms with Crippen LogP contribution in [0.3, 0.4) is 0 Å². The highest BCUT2D eigenvalue weighted by atomic mass is 32.1. The number of aromatic carboxylic acids is 1. The van der Waals surface area contributed by atoms with Crippen molar-refractivity contribution in [3.63, 3.8) is 0 Å².